The second kappa shape index (κ2) is 5.36. The van der Waals surface area contributed by atoms with E-state index in [2.05, 4.69) is 0 Å². The molecule has 4 heteroatoms. The number of amides is 1. The van der Waals surface area contributed by atoms with E-state index in [1.807, 2.05) is 30.3 Å². The molecule has 0 saturated heterocycles. The van der Waals surface area contributed by atoms with Gasteiger partial charge < -0.3 is 15.6 Å². The summed E-state index contributed by atoms with van der Waals surface area (Å²) in [5.74, 6) is -0.766. The summed E-state index contributed by atoms with van der Waals surface area (Å²) in [6.07, 6.45) is -1.22. The van der Waals surface area contributed by atoms with Crippen LogP contribution in [0.15, 0.2) is 30.3 Å². The standard InChI is InChI=1S/C10H13NO3/c11-10(13)9(12)7-14-6-8-4-2-1-3-5-8/h1-5,9,12H,6-7H2,(H2,11,13). The van der Waals surface area contributed by atoms with Gasteiger partial charge in [-0.25, -0.2) is 0 Å². The van der Waals surface area contributed by atoms with Gasteiger partial charge >= 0.3 is 0 Å². The van der Waals surface area contributed by atoms with E-state index in [1.54, 1.807) is 0 Å². The van der Waals surface area contributed by atoms with Crippen LogP contribution < -0.4 is 5.73 Å². The van der Waals surface area contributed by atoms with Crippen LogP contribution in [0, 0.1) is 0 Å². The van der Waals surface area contributed by atoms with Crippen LogP contribution in [0.1, 0.15) is 5.56 Å². The Morgan fingerprint density at radius 1 is 1.43 bits per heavy atom. The minimum absolute atomic E-state index is 0.0653. The van der Waals surface area contributed by atoms with E-state index in [9.17, 15) is 4.79 Å². The topological polar surface area (TPSA) is 72.6 Å². The quantitative estimate of drug-likeness (QED) is 0.697. The Labute approximate surface area is 82.3 Å². The van der Waals surface area contributed by atoms with Crippen molar-refractivity contribution in [2.45, 2.75) is 12.7 Å². The summed E-state index contributed by atoms with van der Waals surface area (Å²) in [7, 11) is 0. The zero-order chi connectivity index (χ0) is 10.4. The molecule has 0 saturated carbocycles. The maximum absolute atomic E-state index is 10.4. The van der Waals surface area contributed by atoms with E-state index >= 15 is 0 Å². The summed E-state index contributed by atoms with van der Waals surface area (Å²) in [4.78, 5) is 10.4. The molecule has 0 aromatic heterocycles. The van der Waals surface area contributed by atoms with Gasteiger partial charge in [0.25, 0.3) is 0 Å². The van der Waals surface area contributed by atoms with Crippen LogP contribution in [0.25, 0.3) is 0 Å². The van der Waals surface area contributed by atoms with E-state index in [0.29, 0.717) is 6.61 Å². The highest BCUT2D eigenvalue weighted by molar-refractivity contribution is 5.78. The molecule has 4 nitrogen and oxygen atoms in total. The van der Waals surface area contributed by atoms with Crippen molar-refractivity contribution in [3.8, 4) is 0 Å². The Hall–Kier alpha value is -1.39. The van der Waals surface area contributed by atoms with Gasteiger partial charge in [0, 0.05) is 0 Å². The van der Waals surface area contributed by atoms with Crippen molar-refractivity contribution in [1.29, 1.82) is 0 Å². The summed E-state index contributed by atoms with van der Waals surface area (Å²) >= 11 is 0. The zero-order valence-corrected chi connectivity index (χ0v) is 7.72. The van der Waals surface area contributed by atoms with Gasteiger partial charge in [0.2, 0.25) is 5.91 Å². The Bertz CT molecular complexity index is 287. The fraction of sp³-hybridized carbons (Fsp3) is 0.300. The Balaban J connectivity index is 2.26. The number of aliphatic hydroxyl groups excluding tert-OH is 1. The van der Waals surface area contributed by atoms with Gasteiger partial charge in [-0.2, -0.15) is 0 Å². The molecule has 1 unspecified atom stereocenters. The van der Waals surface area contributed by atoms with Crippen LogP contribution in [-0.2, 0) is 16.1 Å². The fourth-order valence-corrected chi connectivity index (χ4v) is 0.945. The van der Waals surface area contributed by atoms with Crippen LogP contribution in [0.4, 0.5) is 0 Å². The molecule has 76 valence electrons. The van der Waals surface area contributed by atoms with Crippen molar-refractivity contribution in [3.63, 3.8) is 0 Å². The lowest BCUT2D eigenvalue weighted by Gasteiger charge is -2.07. The summed E-state index contributed by atoms with van der Waals surface area (Å²) in [5.41, 5.74) is 5.84. The predicted octanol–water partition coefficient (Wildman–Crippen LogP) is 0.0494. The van der Waals surface area contributed by atoms with Crippen molar-refractivity contribution in [1.82, 2.24) is 0 Å². The number of primary amides is 1. The first-order valence-corrected chi connectivity index (χ1v) is 4.29. The lowest BCUT2D eigenvalue weighted by molar-refractivity contribution is -0.129. The molecule has 0 radical (unpaired) electrons. The molecule has 14 heavy (non-hydrogen) atoms. The van der Waals surface area contributed by atoms with Crippen LogP contribution in [0.5, 0.6) is 0 Å². The number of ether oxygens (including phenoxy) is 1. The largest absolute Gasteiger partial charge is 0.381 e. The fourth-order valence-electron chi connectivity index (χ4n) is 0.945. The molecule has 1 aromatic rings. The van der Waals surface area contributed by atoms with Gasteiger partial charge in [0.1, 0.15) is 0 Å². The highest BCUT2D eigenvalue weighted by atomic mass is 16.5. The highest BCUT2D eigenvalue weighted by Crippen LogP contribution is 2.00. The molecule has 0 heterocycles. The van der Waals surface area contributed by atoms with Crippen molar-refractivity contribution in [2.75, 3.05) is 6.61 Å². The molecular formula is C10H13NO3. The molecule has 1 atom stereocenters. The van der Waals surface area contributed by atoms with Gasteiger partial charge in [0.05, 0.1) is 13.2 Å². The molecule has 0 spiro atoms. The average molecular weight is 195 g/mol. The van der Waals surface area contributed by atoms with E-state index in [1.165, 1.54) is 0 Å². The smallest absolute Gasteiger partial charge is 0.248 e. The summed E-state index contributed by atoms with van der Waals surface area (Å²) in [5, 5.41) is 9.00. The predicted molar refractivity (Wildman–Crippen MR) is 51.3 cm³/mol. The Kier molecular flexibility index (Phi) is 4.10. The lowest BCUT2D eigenvalue weighted by atomic mass is 10.2. The molecule has 0 aliphatic carbocycles. The molecule has 0 fully saturated rings. The van der Waals surface area contributed by atoms with E-state index in [4.69, 9.17) is 15.6 Å². The maximum Gasteiger partial charge on any atom is 0.248 e. The van der Waals surface area contributed by atoms with E-state index < -0.39 is 12.0 Å². The summed E-state index contributed by atoms with van der Waals surface area (Å²) < 4.78 is 5.09. The van der Waals surface area contributed by atoms with Gasteiger partial charge in [0.15, 0.2) is 6.10 Å². The van der Waals surface area contributed by atoms with E-state index in [0.717, 1.165) is 5.56 Å². The molecule has 0 aliphatic heterocycles. The number of hydrogen-bond donors (Lipinski definition) is 2. The minimum atomic E-state index is -1.22. The van der Waals surface area contributed by atoms with Crippen LogP contribution in [-0.4, -0.2) is 23.7 Å². The van der Waals surface area contributed by atoms with Gasteiger partial charge in [-0.1, -0.05) is 30.3 Å². The molecule has 1 rings (SSSR count). The Morgan fingerprint density at radius 2 is 2.07 bits per heavy atom. The van der Waals surface area contributed by atoms with Crippen molar-refractivity contribution < 1.29 is 14.6 Å². The SMILES string of the molecule is NC(=O)C(O)COCc1ccccc1. The second-order valence-electron chi connectivity index (χ2n) is 2.92. The van der Waals surface area contributed by atoms with E-state index in [-0.39, 0.29) is 6.61 Å². The van der Waals surface area contributed by atoms with Crippen molar-refractivity contribution in [3.05, 3.63) is 35.9 Å². The molecule has 0 bridgehead atoms. The number of nitrogens with two attached hydrogens (primary N) is 1. The minimum Gasteiger partial charge on any atom is -0.381 e. The molecule has 0 aliphatic rings. The third kappa shape index (κ3) is 3.55. The monoisotopic (exact) mass is 195 g/mol. The summed E-state index contributed by atoms with van der Waals surface area (Å²) in [6.45, 7) is 0.301. The number of aliphatic hydroxyl groups is 1. The van der Waals surface area contributed by atoms with Gasteiger partial charge in [-0.15, -0.1) is 0 Å². The van der Waals surface area contributed by atoms with Crippen molar-refractivity contribution in [2.24, 2.45) is 5.73 Å². The second-order valence-corrected chi connectivity index (χ2v) is 2.92. The molecule has 3 N–H and O–H groups in total. The number of benzene rings is 1. The first-order valence-electron chi connectivity index (χ1n) is 4.29. The van der Waals surface area contributed by atoms with Crippen molar-refractivity contribution >= 4 is 5.91 Å². The maximum atomic E-state index is 10.4. The van der Waals surface area contributed by atoms with Crippen LogP contribution in [0.2, 0.25) is 0 Å². The Morgan fingerprint density at radius 3 is 2.64 bits per heavy atom. The molecule has 1 aromatic carbocycles. The summed E-state index contributed by atoms with van der Waals surface area (Å²) in [6, 6.07) is 9.49. The molecule has 1 amide bonds. The third-order valence-electron chi connectivity index (χ3n) is 1.72. The number of hydrogen-bond acceptors (Lipinski definition) is 3. The third-order valence-corrected chi connectivity index (χ3v) is 1.72. The van der Waals surface area contributed by atoms with Gasteiger partial charge in [-0.3, -0.25) is 4.79 Å². The number of rotatable bonds is 5. The first-order chi connectivity index (χ1) is 6.70. The number of carbonyl (C=O) groups is 1. The first kappa shape index (κ1) is 10.7. The average Bonchev–Trinajstić information content (AvgIpc) is 2.19. The molecular weight excluding hydrogens is 182 g/mol. The zero-order valence-electron chi connectivity index (χ0n) is 7.72. The highest BCUT2D eigenvalue weighted by Gasteiger charge is 2.09. The lowest BCUT2D eigenvalue weighted by Crippen LogP contribution is -2.32. The van der Waals surface area contributed by atoms with Crippen LogP contribution in [0.3, 0.4) is 0 Å². The normalized spacial score (nSPS) is 12.4. The number of carbonyl (C=O) groups excluding carboxylic acids is 1. The van der Waals surface area contributed by atoms with Gasteiger partial charge in [-0.05, 0) is 5.56 Å². The van der Waals surface area contributed by atoms with Crippen LogP contribution >= 0.6 is 0 Å².